The van der Waals surface area contributed by atoms with Gasteiger partial charge in [0.05, 0.1) is 5.71 Å². The number of anilines is 1. The van der Waals surface area contributed by atoms with Gasteiger partial charge in [0.25, 0.3) is 5.91 Å². The van der Waals surface area contributed by atoms with Gasteiger partial charge in [0, 0.05) is 25.0 Å². The van der Waals surface area contributed by atoms with Gasteiger partial charge in [0.1, 0.15) is 5.69 Å². The van der Waals surface area contributed by atoms with Crippen molar-refractivity contribution in [2.45, 2.75) is 32.6 Å². The molecule has 2 aromatic rings. The summed E-state index contributed by atoms with van der Waals surface area (Å²) in [5.74, 6) is -0.305. The molecule has 3 rings (SSSR count). The van der Waals surface area contributed by atoms with E-state index in [0.717, 1.165) is 24.4 Å². The number of carbonyl (C=O) groups is 1. The third kappa shape index (κ3) is 4.66. The van der Waals surface area contributed by atoms with Crippen LogP contribution in [0.25, 0.3) is 0 Å². The number of hydrogen-bond donors (Lipinski definition) is 1. The zero-order chi connectivity index (χ0) is 17.5. The molecule has 5 heteroatoms. The van der Waals surface area contributed by atoms with E-state index >= 15 is 0 Å². The summed E-state index contributed by atoms with van der Waals surface area (Å²) in [6.45, 7) is 4.15. The summed E-state index contributed by atoms with van der Waals surface area (Å²) in [7, 11) is 0. The van der Waals surface area contributed by atoms with Crippen molar-refractivity contribution >= 4 is 17.3 Å². The summed E-state index contributed by atoms with van der Waals surface area (Å²) in [6, 6.07) is 13.6. The molecule has 0 unspecified atom stereocenters. The van der Waals surface area contributed by atoms with E-state index in [1.165, 1.54) is 31.4 Å². The standard InChI is InChI=1S/C20H24N4O/c1-16(22-23-20(25)19-8-4-5-13-21-19)17-9-11-18(12-10-17)24-14-6-2-3-7-15-24/h4-5,8-13H,2-3,6-7,14-15H2,1H3,(H,23,25)/b22-16-. The largest absolute Gasteiger partial charge is 0.372 e. The second kappa shape index (κ2) is 8.42. The zero-order valence-corrected chi connectivity index (χ0v) is 14.6. The summed E-state index contributed by atoms with van der Waals surface area (Å²) in [6.07, 6.45) is 6.78. The molecule has 25 heavy (non-hydrogen) atoms. The third-order valence-corrected chi connectivity index (χ3v) is 4.48. The van der Waals surface area contributed by atoms with Gasteiger partial charge < -0.3 is 4.90 Å². The summed E-state index contributed by atoms with van der Waals surface area (Å²) in [5, 5.41) is 4.19. The molecule has 5 nitrogen and oxygen atoms in total. The van der Waals surface area contributed by atoms with Crippen molar-refractivity contribution in [3.8, 4) is 0 Å². The van der Waals surface area contributed by atoms with E-state index in [1.807, 2.05) is 6.92 Å². The van der Waals surface area contributed by atoms with Crippen molar-refractivity contribution < 1.29 is 4.79 Å². The lowest BCUT2D eigenvalue weighted by atomic mass is 10.1. The zero-order valence-electron chi connectivity index (χ0n) is 14.6. The molecule has 0 bridgehead atoms. The maximum Gasteiger partial charge on any atom is 0.289 e. The first-order chi connectivity index (χ1) is 12.2. The SMILES string of the molecule is C/C(=N/NC(=O)c1ccccn1)c1ccc(N2CCCCCC2)cc1. The summed E-state index contributed by atoms with van der Waals surface area (Å²) in [4.78, 5) is 18.5. The molecule has 0 radical (unpaired) electrons. The molecule has 0 spiro atoms. The van der Waals surface area contributed by atoms with Crippen molar-refractivity contribution in [3.63, 3.8) is 0 Å². The Morgan fingerprint density at radius 3 is 2.40 bits per heavy atom. The Labute approximate surface area is 148 Å². The molecule has 0 aliphatic carbocycles. The van der Waals surface area contributed by atoms with Crippen molar-refractivity contribution in [2.24, 2.45) is 5.10 Å². The molecular weight excluding hydrogens is 312 g/mol. The monoisotopic (exact) mass is 336 g/mol. The van der Waals surface area contributed by atoms with E-state index in [0.29, 0.717) is 5.69 Å². The number of hydrogen-bond acceptors (Lipinski definition) is 4. The number of aromatic nitrogens is 1. The Hall–Kier alpha value is -2.69. The molecular formula is C20H24N4O. The van der Waals surface area contributed by atoms with Crippen LogP contribution in [0.15, 0.2) is 53.8 Å². The molecule has 2 heterocycles. The minimum atomic E-state index is -0.305. The first kappa shape index (κ1) is 17.1. The molecule has 1 aliphatic heterocycles. The molecule has 1 fully saturated rings. The maximum atomic E-state index is 12.0. The second-order valence-corrected chi connectivity index (χ2v) is 6.30. The summed E-state index contributed by atoms with van der Waals surface area (Å²) in [5.41, 5.74) is 5.95. The molecule has 1 aromatic heterocycles. The highest BCUT2D eigenvalue weighted by molar-refractivity contribution is 6.00. The topological polar surface area (TPSA) is 57.6 Å². The van der Waals surface area contributed by atoms with E-state index in [4.69, 9.17) is 0 Å². The fourth-order valence-electron chi connectivity index (χ4n) is 3.00. The third-order valence-electron chi connectivity index (χ3n) is 4.48. The van der Waals surface area contributed by atoms with E-state index in [1.54, 1.807) is 24.4 Å². The van der Waals surface area contributed by atoms with Crippen LogP contribution < -0.4 is 10.3 Å². The van der Waals surface area contributed by atoms with Crippen molar-refractivity contribution in [3.05, 3.63) is 59.9 Å². The van der Waals surface area contributed by atoms with Crippen LogP contribution >= 0.6 is 0 Å². The number of amides is 1. The van der Waals surface area contributed by atoms with Gasteiger partial charge in [-0.05, 0) is 49.6 Å². The number of nitrogens with zero attached hydrogens (tertiary/aromatic N) is 3. The molecule has 1 aliphatic rings. The minimum absolute atomic E-state index is 0.305. The molecule has 1 amide bonds. The quantitative estimate of drug-likeness (QED) is 0.685. The van der Waals surface area contributed by atoms with Gasteiger partial charge in [-0.2, -0.15) is 5.10 Å². The van der Waals surface area contributed by atoms with Crippen LogP contribution in [0, 0.1) is 0 Å². The van der Waals surface area contributed by atoms with Crippen LogP contribution in [0.1, 0.15) is 48.7 Å². The summed E-state index contributed by atoms with van der Waals surface area (Å²) < 4.78 is 0. The number of hydrazone groups is 1. The van der Waals surface area contributed by atoms with Gasteiger partial charge in [-0.25, -0.2) is 5.43 Å². The van der Waals surface area contributed by atoms with Gasteiger partial charge in [-0.1, -0.05) is 31.0 Å². The Morgan fingerprint density at radius 1 is 1.04 bits per heavy atom. The first-order valence-corrected chi connectivity index (χ1v) is 8.85. The predicted molar refractivity (Wildman–Crippen MR) is 101 cm³/mol. The van der Waals surface area contributed by atoms with E-state index in [9.17, 15) is 4.79 Å². The lowest BCUT2D eigenvalue weighted by Crippen LogP contribution is -2.23. The van der Waals surface area contributed by atoms with Crippen molar-refractivity contribution in [2.75, 3.05) is 18.0 Å². The molecule has 1 saturated heterocycles. The number of benzene rings is 1. The molecule has 1 aromatic carbocycles. The van der Waals surface area contributed by atoms with Crippen LogP contribution in [-0.4, -0.2) is 29.7 Å². The first-order valence-electron chi connectivity index (χ1n) is 8.85. The Bertz CT molecular complexity index is 717. The number of carbonyl (C=O) groups excluding carboxylic acids is 1. The average Bonchev–Trinajstić information content (AvgIpc) is 2.96. The van der Waals surface area contributed by atoms with Gasteiger partial charge in [0.15, 0.2) is 0 Å². The predicted octanol–water partition coefficient (Wildman–Crippen LogP) is 3.62. The number of nitrogens with one attached hydrogen (secondary N) is 1. The minimum Gasteiger partial charge on any atom is -0.372 e. The molecule has 1 N–H and O–H groups in total. The highest BCUT2D eigenvalue weighted by atomic mass is 16.2. The van der Waals surface area contributed by atoms with Crippen LogP contribution in [0.5, 0.6) is 0 Å². The summed E-state index contributed by atoms with van der Waals surface area (Å²) >= 11 is 0. The molecule has 0 atom stereocenters. The van der Waals surface area contributed by atoms with E-state index in [2.05, 4.69) is 44.7 Å². The lowest BCUT2D eigenvalue weighted by Gasteiger charge is -2.22. The van der Waals surface area contributed by atoms with Crippen molar-refractivity contribution in [1.82, 2.24) is 10.4 Å². The Morgan fingerprint density at radius 2 is 1.76 bits per heavy atom. The van der Waals surface area contributed by atoms with Crippen LogP contribution in [0.3, 0.4) is 0 Å². The molecule has 0 saturated carbocycles. The van der Waals surface area contributed by atoms with Crippen LogP contribution in [-0.2, 0) is 0 Å². The number of pyridine rings is 1. The normalized spacial score (nSPS) is 15.6. The Kier molecular flexibility index (Phi) is 5.77. The fourth-order valence-corrected chi connectivity index (χ4v) is 3.00. The van der Waals surface area contributed by atoms with Gasteiger partial charge in [0.2, 0.25) is 0 Å². The smallest absolute Gasteiger partial charge is 0.289 e. The maximum absolute atomic E-state index is 12.0. The average molecular weight is 336 g/mol. The van der Waals surface area contributed by atoms with Gasteiger partial charge in [-0.3, -0.25) is 9.78 Å². The Balaban J connectivity index is 1.63. The van der Waals surface area contributed by atoms with Crippen LogP contribution in [0.4, 0.5) is 5.69 Å². The molecule has 130 valence electrons. The van der Waals surface area contributed by atoms with Crippen LogP contribution in [0.2, 0.25) is 0 Å². The number of rotatable bonds is 4. The highest BCUT2D eigenvalue weighted by Gasteiger charge is 2.10. The lowest BCUT2D eigenvalue weighted by molar-refractivity contribution is 0.0950. The second-order valence-electron chi connectivity index (χ2n) is 6.30. The van der Waals surface area contributed by atoms with Gasteiger partial charge >= 0.3 is 0 Å². The fraction of sp³-hybridized carbons (Fsp3) is 0.350. The highest BCUT2D eigenvalue weighted by Crippen LogP contribution is 2.20. The van der Waals surface area contributed by atoms with E-state index < -0.39 is 0 Å². The van der Waals surface area contributed by atoms with Crippen molar-refractivity contribution in [1.29, 1.82) is 0 Å². The van der Waals surface area contributed by atoms with E-state index in [-0.39, 0.29) is 5.91 Å². The van der Waals surface area contributed by atoms with Gasteiger partial charge in [-0.15, -0.1) is 0 Å².